The maximum atomic E-state index is 11.5. The van der Waals surface area contributed by atoms with Crippen molar-refractivity contribution < 1.29 is 4.79 Å². The highest BCUT2D eigenvalue weighted by atomic mass is 79.9. The summed E-state index contributed by atoms with van der Waals surface area (Å²) in [5.74, 6) is 0.203. The minimum Gasteiger partial charge on any atom is -0.356 e. The molecule has 4 nitrogen and oxygen atoms in total. The van der Waals surface area contributed by atoms with Gasteiger partial charge in [0.1, 0.15) is 0 Å². The van der Waals surface area contributed by atoms with Gasteiger partial charge < -0.3 is 15.1 Å². The van der Waals surface area contributed by atoms with Crippen LogP contribution >= 0.6 is 15.9 Å². The molecule has 1 aliphatic heterocycles. The Morgan fingerprint density at radius 1 is 1.17 bits per heavy atom. The van der Waals surface area contributed by atoms with Crippen LogP contribution in [0.3, 0.4) is 0 Å². The molecule has 1 aliphatic rings. The third-order valence-electron chi connectivity index (χ3n) is 3.36. The van der Waals surface area contributed by atoms with Crippen molar-refractivity contribution in [1.82, 2.24) is 15.1 Å². The quantitative estimate of drug-likeness (QED) is 0.541. The highest BCUT2D eigenvalue weighted by molar-refractivity contribution is 9.09. The fraction of sp³-hybridized carbons (Fsp3) is 0.923. The van der Waals surface area contributed by atoms with Gasteiger partial charge in [-0.3, -0.25) is 4.79 Å². The Balaban J connectivity index is 1.93. The summed E-state index contributed by atoms with van der Waals surface area (Å²) in [5.41, 5.74) is 0. The molecule has 0 aliphatic carbocycles. The highest BCUT2D eigenvalue weighted by Gasteiger charge is 2.12. The molecule has 1 heterocycles. The summed E-state index contributed by atoms with van der Waals surface area (Å²) < 4.78 is 0. The summed E-state index contributed by atoms with van der Waals surface area (Å²) in [6.45, 7) is 6.58. The average Bonchev–Trinajstić information content (AvgIpc) is 2.37. The summed E-state index contributed by atoms with van der Waals surface area (Å²) in [6, 6.07) is 0. The zero-order valence-corrected chi connectivity index (χ0v) is 13.0. The highest BCUT2D eigenvalue weighted by Crippen LogP contribution is 2.00. The summed E-state index contributed by atoms with van der Waals surface area (Å²) in [6.07, 6.45) is 3.79. The molecule has 0 aromatic rings. The van der Waals surface area contributed by atoms with Crippen LogP contribution in [-0.2, 0) is 4.79 Å². The molecule has 0 saturated carbocycles. The number of carbonyl (C=O) groups is 1. The Hall–Kier alpha value is -0.130. The summed E-state index contributed by atoms with van der Waals surface area (Å²) in [7, 11) is 2.17. The first-order valence-electron chi connectivity index (χ1n) is 6.96. The second-order valence-electron chi connectivity index (χ2n) is 4.99. The van der Waals surface area contributed by atoms with Crippen LogP contribution < -0.4 is 5.32 Å². The van der Waals surface area contributed by atoms with E-state index in [-0.39, 0.29) is 5.91 Å². The standard InChI is InChI=1S/C13H26BrN3O/c1-16-9-11-17(12-10-16)8-4-7-15-13(18)5-2-3-6-14/h2-12H2,1H3,(H,15,18). The molecule has 1 rings (SSSR count). The molecule has 18 heavy (non-hydrogen) atoms. The number of amides is 1. The SMILES string of the molecule is CN1CCN(CCCNC(=O)CCCCBr)CC1. The van der Waals surface area contributed by atoms with Gasteiger partial charge in [-0.05, 0) is 32.9 Å². The lowest BCUT2D eigenvalue weighted by Gasteiger charge is -2.32. The van der Waals surface area contributed by atoms with Gasteiger partial charge in [0.05, 0.1) is 0 Å². The number of piperazine rings is 1. The Morgan fingerprint density at radius 2 is 1.89 bits per heavy atom. The normalized spacial score (nSPS) is 17.9. The van der Waals surface area contributed by atoms with Crippen molar-refractivity contribution in [2.45, 2.75) is 25.7 Å². The van der Waals surface area contributed by atoms with Crippen LogP contribution in [0.5, 0.6) is 0 Å². The van der Waals surface area contributed by atoms with Crippen molar-refractivity contribution in [3.8, 4) is 0 Å². The van der Waals surface area contributed by atoms with E-state index < -0.39 is 0 Å². The predicted molar refractivity (Wildman–Crippen MR) is 79.2 cm³/mol. The number of unbranched alkanes of at least 4 members (excludes halogenated alkanes) is 1. The molecule has 0 spiro atoms. The molecule has 1 saturated heterocycles. The van der Waals surface area contributed by atoms with E-state index in [9.17, 15) is 4.79 Å². The van der Waals surface area contributed by atoms with Gasteiger partial charge in [-0.1, -0.05) is 15.9 Å². The Morgan fingerprint density at radius 3 is 2.56 bits per heavy atom. The molecule has 0 aromatic carbocycles. The van der Waals surface area contributed by atoms with Crippen LogP contribution in [-0.4, -0.2) is 67.4 Å². The van der Waals surface area contributed by atoms with Gasteiger partial charge >= 0.3 is 0 Å². The number of nitrogens with one attached hydrogen (secondary N) is 1. The minimum atomic E-state index is 0.203. The van der Waals surface area contributed by atoms with Crippen LogP contribution in [0.4, 0.5) is 0 Å². The number of halogens is 1. The van der Waals surface area contributed by atoms with Gasteiger partial charge in [0, 0.05) is 44.5 Å². The first-order chi connectivity index (χ1) is 8.72. The zero-order valence-electron chi connectivity index (χ0n) is 11.5. The van der Waals surface area contributed by atoms with Gasteiger partial charge in [-0.25, -0.2) is 0 Å². The maximum Gasteiger partial charge on any atom is 0.219 e. The van der Waals surface area contributed by atoms with Crippen LogP contribution in [0, 0.1) is 0 Å². The van der Waals surface area contributed by atoms with E-state index in [4.69, 9.17) is 0 Å². The fourth-order valence-electron chi connectivity index (χ4n) is 2.07. The molecule has 1 N–H and O–H groups in total. The second-order valence-corrected chi connectivity index (χ2v) is 5.79. The number of carbonyl (C=O) groups excluding carboxylic acids is 1. The molecule has 1 amide bonds. The van der Waals surface area contributed by atoms with Crippen LogP contribution in [0.2, 0.25) is 0 Å². The first kappa shape index (κ1) is 15.9. The van der Waals surface area contributed by atoms with Crippen molar-refractivity contribution in [2.75, 3.05) is 51.6 Å². The van der Waals surface area contributed by atoms with Crippen molar-refractivity contribution in [1.29, 1.82) is 0 Å². The number of rotatable bonds is 8. The topological polar surface area (TPSA) is 35.6 Å². The molecule has 106 valence electrons. The number of hydrogen-bond donors (Lipinski definition) is 1. The van der Waals surface area contributed by atoms with E-state index in [1.165, 1.54) is 13.1 Å². The largest absolute Gasteiger partial charge is 0.356 e. The van der Waals surface area contributed by atoms with E-state index in [0.29, 0.717) is 6.42 Å². The van der Waals surface area contributed by atoms with E-state index in [1.54, 1.807) is 0 Å². The number of likely N-dealkylation sites (N-methyl/N-ethyl adjacent to an activating group) is 1. The average molecular weight is 320 g/mol. The maximum absolute atomic E-state index is 11.5. The van der Waals surface area contributed by atoms with Gasteiger partial charge in [0.25, 0.3) is 0 Å². The van der Waals surface area contributed by atoms with Crippen LogP contribution in [0.1, 0.15) is 25.7 Å². The Bertz CT molecular complexity index is 230. The van der Waals surface area contributed by atoms with Crippen molar-refractivity contribution in [3.05, 3.63) is 0 Å². The molecule has 0 bridgehead atoms. The second kappa shape index (κ2) is 9.75. The fourth-order valence-corrected chi connectivity index (χ4v) is 2.47. The molecule has 5 heteroatoms. The predicted octanol–water partition coefficient (Wildman–Crippen LogP) is 1.31. The third kappa shape index (κ3) is 7.34. The third-order valence-corrected chi connectivity index (χ3v) is 3.92. The molecule has 1 fully saturated rings. The molecule has 0 atom stereocenters. The lowest BCUT2D eigenvalue weighted by molar-refractivity contribution is -0.121. The summed E-state index contributed by atoms with van der Waals surface area (Å²) >= 11 is 3.37. The van der Waals surface area contributed by atoms with Crippen molar-refractivity contribution in [3.63, 3.8) is 0 Å². The van der Waals surface area contributed by atoms with Crippen molar-refractivity contribution >= 4 is 21.8 Å². The van der Waals surface area contributed by atoms with E-state index in [0.717, 1.165) is 50.8 Å². The minimum absolute atomic E-state index is 0.203. The van der Waals surface area contributed by atoms with Gasteiger partial charge in [0.15, 0.2) is 0 Å². The first-order valence-corrected chi connectivity index (χ1v) is 8.08. The monoisotopic (exact) mass is 319 g/mol. The van der Waals surface area contributed by atoms with E-state index >= 15 is 0 Å². The van der Waals surface area contributed by atoms with Gasteiger partial charge in [0.2, 0.25) is 5.91 Å². The number of nitrogens with zero attached hydrogens (tertiary/aromatic N) is 2. The summed E-state index contributed by atoms with van der Waals surface area (Å²) in [5, 5.41) is 3.99. The Kier molecular flexibility index (Phi) is 8.63. The molecular weight excluding hydrogens is 294 g/mol. The van der Waals surface area contributed by atoms with Crippen molar-refractivity contribution in [2.24, 2.45) is 0 Å². The number of alkyl halides is 1. The zero-order chi connectivity index (χ0) is 13.2. The molecule has 0 unspecified atom stereocenters. The Labute approximate surface area is 119 Å². The number of hydrogen-bond acceptors (Lipinski definition) is 3. The molecule has 0 aromatic heterocycles. The van der Waals surface area contributed by atoms with Gasteiger partial charge in [-0.2, -0.15) is 0 Å². The van der Waals surface area contributed by atoms with Crippen LogP contribution in [0.25, 0.3) is 0 Å². The lowest BCUT2D eigenvalue weighted by atomic mass is 10.2. The van der Waals surface area contributed by atoms with E-state index in [1.807, 2.05) is 0 Å². The smallest absolute Gasteiger partial charge is 0.219 e. The van der Waals surface area contributed by atoms with E-state index in [2.05, 4.69) is 38.1 Å². The molecule has 0 radical (unpaired) electrons. The molecular formula is C13H26BrN3O. The lowest BCUT2D eigenvalue weighted by Crippen LogP contribution is -2.45. The summed E-state index contributed by atoms with van der Waals surface area (Å²) in [4.78, 5) is 16.3. The van der Waals surface area contributed by atoms with Gasteiger partial charge in [-0.15, -0.1) is 0 Å². The van der Waals surface area contributed by atoms with Crippen LogP contribution in [0.15, 0.2) is 0 Å².